The molecule has 7 heavy (non-hydrogen) atoms. The van der Waals surface area contributed by atoms with Crippen LogP contribution in [-0.4, -0.2) is 5.78 Å². The molecule has 0 amide bonds. The van der Waals surface area contributed by atoms with Crippen LogP contribution < -0.4 is 0 Å². The highest BCUT2D eigenvalue weighted by atomic mass is 19.1. The lowest BCUT2D eigenvalue weighted by Gasteiger charge is -1.76. The predicted molar refractivity (Wildman–Crippen MR) is 25.5 cm³/mol. The molecule has 0 unspecified atom stereocenters. The Hall–Kier alpha value is -0.660. The molecule has 0 aliphatic rings. The summed E-state index contributed by atoms with van der Waals surface area (Å²) in [5.41, 5.74) is 0. The summed E-state index contributed by atoms with van der Waals surface area (Å²) in [5, 5.41) is 0. The van der Waals surface area contributed by atoms with E-state index in [4.69, 9.17) is 0 Å². The van der Waals surface area contributed by atoms with Crippen LogP contribution in [0.3, 0.4) is 0 Å². The van der Waals surface area contributed by atoms with Gasteiger partial charge in [-0.2, -0.15) is 0 Å². The molecule has 0 saturated heterocycles. The van der Waals surface area contributed by atoms with Crippen molar-refractivity contribution in [1.29, 1.82) is 0 Å². The molecule has 0 saturated carbocycles. The van der Waals surface area contributed by atoms with Crippen molar-refractivity contribution in [2.75, 3.05) is 0 Å². The second-order valence-electron chi connectivity index (χ2n) is 1.11. The molecule has 2 heteroatoms. The highest BCUT2D eigenvalue weighted by Crippen LogP contribution is 1.81. The molecule has 1 nitrogen and oxygen atoms in total. The van der Waals surface area contributed by atoms with Gasteiger partial charge in [-0.1, -0.05) is 6.92 Å². The Morgan fingerprint density at radius 1 is 1.86 bits per heavy atom. The van der Waals surface area contributed by atoms with Crippen LogP contribution >= 0.6 is 0 Å². The van der Waals surface area contributed by atoms with E-state index in [2.05, 4.69) is 0 Å². The largest absolute Gasteiger partial charge is 0.295 e. The molecule has 0 aromatic carbocycles. The zero-order chi connectivity index (χ0) is 5.70. The number of halogens is 1. The molecule has 40 valence electrons. The Kier molecular flexibility index (Phi) is 3.19. The van der Waals surface area contributed by atoms with Gasteiger partial charge in [0.15, 0.2) is 5.78 Å². The summed E-state index contributed by atoms with van der Waals surface area (Å²) in [7, 11) is 0. The fraction of sp³-hybridized carbons (Fsp3) is 0.400. The van der Waals surface area contributed by atoms with Gasteiger partial charge in [-0.15, -0.1) is 0 Å². The van der Waals surface area contributed by atoms with Crippen LogP contribution in [0.1, 0.15) is 13.3 Å². The van der Waals surface area contributed by atoms with E-state index in [9.17, 15) is 9.18 Å². The molecule has 0 aromatic rings. The summed E-state index contributed by atoms with van der Waals surface area (Å²) in [6.07, 6.45) is 1.55. The third kappa shape index (κ3) is 3.16. The minimum absolute atomic E-state index is 0.178. The SMILES string of the molecule is CCC(=O)/C=C/F. The van der Waals surface area contributed by atoms with Crippen molar-refractivity contribution in [2.45, 2.75) is 13.3 Å². The van der Waals surface area contributed by atoms with Crippen molar-refractivity contribution < 1.29 is 9.18 Å². The molecule has 0 rings (SSSR count). The number of hydrogen-bond donors (Lipinski definition) is 0. The second kappa shape index (κ2) is 3.53. The van der Waals surface area contributed by atoms with Crippen molar-refractivity contribution in [1.82, 2.24) is 0 Å². The molecule has 0 atom stereocenters. The molecular formula is C5H7FO. The summed E-state index contributed by atoms with van der Waals surface area (Å²) in [4.78, 5) is 10.1. The van der Waals surface area contributed by atoms with Gasteiger partial charge in [-0.25, -0.2) is 4.39 Å². The first-order valence-electron chi connectivity index (χ1n) is 2.11. The van der Waals surface area contributed by atoms with Gasteiger partial charge in [0, 0.05) is 12.5 Å². The van der Waals surface area contributed by atoms with Crippen LogP contribution in [0.15, 0.2) is 12.4 Å². The normalized spacial score (nSPS) is 10.0. The number of allylic oxidation sites excluding steroid dienone is 1. The van der Waals surface area contributed by atoms with E-state index in [-0.39, 0.29) is 12.1 Å². The summed E-state index contributed by atoms with van der Waals surface area (Å²) in [6, 6.07) is 0. The molecule has 0 aliphatic carbocycles. The average molecular weight is 102 g/mol. The van der Waals surface area contributed by atoms with E-state index in [0.29, 0.717) is 6.42 Å². The highest BCUT2D eigenvalue weighted by molar-refractivity contribution is 5.88. The summed E-state index contributed by atoms with van der Waals surface area (Å²) in [6.45, 7) is 1.68. The van der Waals surface area contributed by atoms with Gasteiger partial charge in [0.05, 0.1) is 6.33 Å². The Bertz CT molecular complexity index is 86.1. The smallest absolute Gasteiger partial charge is 0.157 e. The lowest BCUT2D eigenvalue weighted by atomic mass is 10.3. The maximum Gasteiger partial charge on any atom is 0.157 e. The summed E-state index contributed by atoms with van der Waals surface area (Å²) in [5.74, 6) is -0.178. The topological polar surface area (TPSA) is 17.1 Å². The first-order valence-corrected chi connectivity index (χ1v) is 2.11. The maximum atomic E-state index is 11.0. The van der Waals surface area contributed by atoms with Crippen molar-refractivity contribution in [3.05, 3.63) is 12.4 Å². The van der Waals surface area contributed by atoms with Gasteiger partial charge in [-0.05, 0) is 0 Å². The maximum absolute atomic E-state index is 11.0. The Morgan fingerprint density at radius 3 is 2.57 bits per heavy atom. The molecule has 0 heterocycles. The Labute approximate surface area is 41.8 Å². The van der Waals surface area contributed by atoms with Gasteiger partial charge in [0.1, 0.15) is 0 Å². The molecule has 0 radical (unpaired) electrons. The van der Waals surface area contributed by atoms with E-state index < -0.39 is 0 Å². The number of hydrogen-bond acceptors (Lipinski definition) is 1. The van der Waals surface area contributed by atoms with Crippen molar-refractivity contribution in [2.24, 2.45) is 0 Å². The minimum atomic E-state index is -0.178. The fourth-order valence-electron chi connectivity index (χ4n) is 0.188. The van der Waals surface area contributed by atoms with Crippen LogP contribution in [0.25, 0.3) is 0 Å². The molecule has 0 fully saturated rings. The van der Waals surface area contributed by atoms with Crippen LogP contribution in [0.5, 0.6) is 0 Å². The zero-order valence-corrected chi connectivity index (χ0v) is 4.15. The van der Waals surface area contributed by atoms with Gasteiger partial charge >= 0.3 is 0 Å². The lowest BCUT2D eigenvalue weighted by Crippen LogP contribution is -1.84. The molecular weight excluding hydrogens is 95.1 g/mol. The van der Waals surface area contributed by atoms with E-state index >= 15 is 0 Å². The number of rotatable bonds is 2. The third-order valence-electron chi connectivity index (χ3n) is 0.597. The summed E-state index contributed by atoms with van der Waals surface area (Å²) < 4.78 is 11.0. The number of carbonyl (C=O) groups is 1. The Morgan fingerprint density at radius 2 is 2.43 bits per heavy atom. The van der Waals surface area contributed by atoms with Crippen LogP contribution in [0.4, 0.5) is 4.39 Å². The standard InChI is InChI=1S/C5H7FO/c1-2-5(7)3-4-6/h3-4H,2H2,1H3/b4-3+. The van der Waals surface area contributed by atoms with Crippen LogP contribution in [0, 0.1) is 0 Å². The predicted octanol–water partition coefficient (Wildman–Crippen LogP) is 1.45. The molecule has 0 aliphatic heterocycles. The molecule has 0 bridgehead atoms. The van der Waals surface area contributed by atoms with Gasteiger partial charge in [0.25, 0.3) is 0 Å². The average Bonchev–Trinajstić information content (AvgIpc) is 1.68. The van der Waals surface area contributed by atoms with E-state index in [1.165, 1.54) is 0 Å². The van der Waals surface area contributed by atoms with Crippen LogP contribution in [0.2, 0.25) is 0 Å². The Balaban J connectivity index is 3.37. The van der Waals surface area contributed by atoms with Gasteiger partial charge < -0.3 is 0 Å². The van der Waals surface area contributed by atoms with E-state index in [1.807, 2.05) is 0 Å². The van der Waals surface area contributed by atoms with Crippen LogP contribution in [-0.2, 0) is 4.79 Å². The van der Waals surface area contributed by atoms with Crippen molar-refractivity contribution >= 4 is 5.78 Å². The van der Waals surface area contributed by atoms with E-state index in [1.54, 1.807) is 6.92 Å². The van der Waals surface area contributed by atoms with Gasteiger partial charge in [-0.3, -0.25) is 4.79 Å². The van der Waals surface area contributed by atoms with E-state index in [0.717, 1.165) is 6.08 Å². The lowest BCUT2D eigenvalue weighted by molar-refractivity contribution is -0.114. The first kappa shape index (κ1) is 6.34. The first-order chi connectivity index (χ1) is 3.31. The summed E-state index contributed by atoms with van der Waals surface area (Å²) >= 11 is 0. The second-order valence-corrected chi connectivity index (χ2v) is 1.11. The quantitative estimate of drug-likeness (QED) is 0.482. The van der Waals surface area contributed by atoms with Crippen molar-refractivity contribution in [3.63, 3.8) is 0 Å². The monoisotopic (exact) mass is 102 g/mol. The minimum Gasteiger partial charge on any atom is -0.295 e. The molecule has 0 spiro atoms. The highest BCUT2D eigenvalue weighted by Gasteiger charge is 1.85. The number of ketones is 1. The fourth-order valence-corrected chi connectivity index (χ4v) is 0.188. The number of carbonyl (C=O) groups excluding carboxylic acids is 1. The third-order valence-corrected chi connectivity index (χ3v) is 0.597. The zero-order valence-electron chi connectivity index (χ0n) is 4.15. The molecule has 0 N–H and O–H groups in total. The molecule has 0 aromatic heterocycles. The van der Waals surface area contributed by atoms with Gasteiger partial charge in [0.2, 0.25) is 0 Å². The van der Waals surface area contributed by atoms with Crippen molar-refractivity contribution in [3.8, 4) is 0 Å².